The summed E-state index contributed by atoms with van der Waals surface area (Å²) in [5.74, 6) is 1.53. The Kier molecular flexibility index (Phi) is 9.94. The maximum atomic E-state index is 13.3. The first-order chi connectivity index (χ1) is 23.3. The third-order valence-corrected chi connectivity index (χ3v) is 10.6. The third kappa shape index (κ3) is 8.38. The second kappa shape index (κ2) is 14.0. The largest absolute Gasteiger partial charge is 0.416 e. The van der Waals surface area contributed by atoms with Crippen LogP contribution in [0.15, 0.2) is 77.7 Å². The molecule has 262 valence electrons. The van der Waals surface area contributed by atoms with Crippen LogP contribution in [0.25, 0.3) is 10.9 Å². The Morgan fingerprint density at radius 1 is 0.694 bits per heavy atom. The lowest BCUT2D eigenvalue weighted by atomic mass is 9.82. The topological polar surface area (TPSA) is 90.5 Å². The van der Waals surface area contributed by atoms with Gasteiger partial charge >= 0.3 is 12.4 Å². The second-order valence-electron chi connectivity index (χ2n) is 12.6. The van der Waals surface area contributed by atoms with Gasteiger partial charge in [-0.3, -0.25) is 0 Å². The van der Waals surface area contributed by atoms with Gasteiger partial charge in [0, 0.05) is 50.3 Å². The summed E-state index contributed by atoms with van der Waals surface area (Å²) in [6.07, 6.45) is -7.50. The molecule has 1 saturated carbocycles. The number of hydrogen-bond donors (Lipinski definition) is 2. The monoisotopic (exact) mass is 706 g/mol. The minimum atomic E-state index is -5.14. The number of nitrogens with zero attached hydrogens (tertiary/aromatic N) is 4. The second-order valence-corrected chi connectivity index (χ2v) is 14.3. The van der Waals surface area contributed by atoms with E-state index in [0.717, 1.165) is 55.7 Å². The molecular formula is C34H36F6N6O2S. The molecule has 2 N–H and O–H groups in total. The van der Waals surface area contributed by atoms with E-state index in [9.17, 15) is 34.8 Å². The number of anilines is 3. The highest BCUT2D eigenvalue weighted by atomic mass is 32.2. The van der Waals surface area contributed by atoms with E-state index in [0.29, 0.717) is 25.3 Å². The summed E-state index contributed by atoms with van der Waals surface area (Å²) >= 11 is 0. The quantitative estimate of drug-likeness (QED) is 0.178. The first kappa shape index (κ1) is 34.7. The van der Waals surface area contributed by atoms with Crippen molar-refractivity contribution in [1.82, 2.24) is 14.7 Å². The highest BCUT2D eigenvalue weighted by Crippen LogP contribution is 2.37. The van der Waals surface area contributed by atoms with Crippen molar-refractivity contribution < 1.29 is 34.8 Å². The number of rotatable bonds is 9. The zero-order valence-electron chi connectivity index (χ0n) is 26.4. The van der Waals surface area contributed by atoms with Crippen LogP contribution in [0.1, 0.15) is 36.8 Å². The van der Waals surface area contributed by atoms with Crippen LogP contribution in [0.2, 0.25) is 0 Å². The molecule has 0 spiro atoms. The molecule has 0 bridgehead atoms. The predicted octanol–water partition coefficient (Wildman–Crippen LogP) is 7.19. The van der Waals surface area contributed by atoms with Gasteiger partial charge in [0.05, 0.1) is 21.5 Å². The average Bonchev–Trinajstić information content (AvgIpc) is 3.09. The number of nitrogens with one attached hydrogen (secondary N) is 2. The van der Waals surface area contributed by atoms with Crippen LogP contribution in [0.5, 0.6) is 0 Å². The number of benzene rings is 3. The van der Waals surface area contributed by atoms with Crippen molar-refractivity contribution in [3.63, 3.8) is 0 Å². The van der Waals surface area contributed by atoms with Crippen LogP contribution in [0, 0.1) is 11.8 Å². The molecule has 4 aromatic rings. The number of fused-ring (bicyclic) bond motifs is 1. The van der Waals surface area contributed by atoms with Gasteiger partial charge in [0.25, 0.3) is 0 Å². The van der Waals surface area contributed by atoms with Crippen molar-refractivity contribution in [1.29, 1.82) is 0 Å². The van der Waals surface area contributed by atoms with Gasteiger partial charge in [-0.2, -0.15) is 31.3 Å². The molecule has 3 aromatic carbocycles. The Balaban J connectivity index is 1.04. The van der Waals surface area contributed by atoms with Crippen LogP contribution < -0.4 is 19.8 Å². The fraction of sp³-hybridized carbons (Fsp3) is 0.412. The Morgan fingerprint density at radius 2 is 1.24 bits per heavy atom. The zero-order valence-corrected chi connectivity index (χ0v) is 27.3. The summed E-state index contributed by atoms with van der Waals surface area (Å²) < 4.78 is 107. The van der Waals surface area contributed by atoms with Crippen LogP contribution in [-0.2, 0) is 22.4 Å². The maximum absolute atomic E-state index is 13.3. The fourth-order valence-electron chi connectivity index (χ4n) is 6.46. The van der Waals surface area contributed by atoms with Crippen molar-refractivity contribution in [3.05, 3.63) is 83.9 Å². The van der Waals surface area contributed by atoms with Gasteiger partial charge in [-0.15, -0.1) is 0 Å². The molecule has 2 aliphatic rings. The summed E-state index contributed by atoms with van der Waals surface area (Å²) in [6, 6.07) is 18.6. The standard InChI is InChI=1S/C34H36F6N6O2S/c35-33(36,37)25-18-26(34(38,39)40)20-28(19-25)49(47,48)42-22-24-12-10-23(11-13-24)21-41-32-43-30-9-5-4-8-29(30)31(44-32)46-16-14-45(15-17-46)27-6-2-1-3-7-27/h1-9,18-20,23-24,42H,10-17,21-22H2,(H,41,43,44)/t23-,24-. The molecule has 0 unspecified atom stereocenters. The molecule has 1 aliphatic carbocycles. The molecular weight excluding hydrogens is 670 g/mol. The highest BCUT2D eigenvalue weighted by molar-refractivity contribution is 7.89. The number of halogens is 6. The minimum absolute atomic E-state index is 0.0885. The van der Waals surface area contributed by atoms with Crippen molar-refractivity contribution in [2.45, 2.75) is 42.9 Å². The molecule has 49 heavy (non-hydrogen) atoms. The molecule has 15 heteroatoms. The molecule has 1 aliphatic heterocycles. The highest BCUT2D eigenvalue weighted by Gasteiger charge is 2.38. The van der Waals surface area contributed by atoms with E-state index in [1.165, 1.54) is 5.69 Å². The third-order valence-electron chi connectivity index (χ3n) is 9.23. The van der Waals surface area contributed by atoms with Crippen LogP contribution >= 0.6 is 0 Å². The molecule has 0 atom stereocenters. The lowest BCUT2D eigenvalue weighted by Gasteiger charge is -2.37. The van der Waals surface area contributed by atoms with E-state index in [2.05, 4.69) is 32.0 Å². The van der Waals surface area contributed by atoms with Crippen LogP contribution in [0.3, 0.4) is 0 Å². The van der Waals surface area contributed by atoms with E-state index < -0.39 is 38.4 Å². The van der Waals surface area contributed by atoms with E-state index in [1.807, 2.05) is 42.5 Å². The van der Waals surface area contributed by atoms with Gasteiger partial charge in [-0.1, -0.05) is 30.3 Å². The number of piperazine rings is 1. The van der Waals surface area contributed by atoms with Crippen molar-refractivity contribution in [2.75, 3.05) is 54.4 Å². The number of para-hydroxylation sites is 2. The van der Waals surface area contributed by atoms with Gasteiger partial charge in [-0.05, 0) is 80.0 Å². The summed E-state index contributed by atoms with van der Waals surface area (Å²) in [5.41, 5.74) is -1.33. The Bertz CT molecular complexity index is 1820. The summed E-state index contributed by atoms with van der Waals surface area (Å²) in [5, 5.41) is 4.37. The molecule has 1 aromatic heterocycles. The molecule has 8 nitrogen and oxygen atoms in total. The first-order valence-electron chi connectivity index (χ1n) is 16.1. The lowest BCUT2D eigenvalue weighted by Crippen LogP contribution is -2.47. The van der Waals surface area contributed by atoms with E-state index in [4.69, 9.17) is 9.97 Å². The Morgan fingerprint density at radius 3 is 1.86 bits per heavy atom. The number of hydrogen-bond acceptors (Lipinski definition) is 7. The summed E-state index contributed by atoms with van der Waals surface area (Å²) in [7, 11) is -4.62. The number of sulfonamides is 1. The smallest absolute Gasteiger partial charge is 0.368 e. The molecule has 0 radical (unpaired) electrons. The van der Waals surface area contributed by atoms with Gasteiger partial charge in [0.15, 0.2) is 0 Å². The van der Waals surface area contributed by atoms with Gasteiger partial charge < -0.3 is 15.1 Å². The minimum Gasteiger partial charge on any atom is -0.368 e. The van der Waals surface area contributed by atoms with E-state index >= 15 is 0 Å². The summed E-state index contributed by atoms with van der Waals surface area (Å²) in [4.78, 5) is 13.2. The fourth-order valence-corrected chi connectivity index (χ4v) is 7.65. The Hall–Kier alpha value is -4.11. The zero-order chi connectivity index (χ0) is 34.8. The van der Waals surface area contributed by atoms with Crippen LogP contribution in [-0.4, -0.2) is 57.7 Å². The summed E-state index contributed by atoms with van der Waals surface area (Å²) in [6.45, 7) is 3.84. The van der Waals surface area contributed by atoms with Crippen molar-refractivity contribution >= 4 is 38.4 Å². The normalized spacial score (nSPS) is 19.3. The molecule has 2 fully saturated rings. The van der Waals surface area contributed by atoms with Crippen molar-refractivity contribution in [2.24, 2.45) is 11.8 Å². The van der Waals surface area contributed by atoms with E-state index in [1.54, 1.807) is 0 Å². The van der Waals surface area contributed by atoms with Gasteiger partial charge in [0.2, 0.25) is 16.0 Å². The SMILES string of the molecule is O=S(=O)(NC[C@H]1CC[C@H](CNc2nc(N3CCN(c4ccccc4)CC3)c3ccccc3n2)CC1)c1cc(C(F)(F)F)cc(C(F)(F)F)c1. The number of aromatic nitrogens is 2. The van der Waals surface area contributed by atoms with Gasteiger partial charge in [0.1, 0.15) is 5.82 Å². The first-order valence-corrected chi connectivity index (χ1v) is 17.6. The average molecular weight is 707 g/mol. The molecule has 2 heterocycles. The predicted molar refractivity (Wildman–Crippen MR) is 176 cm³/mol. The molecule has 6 rings (SSSR count). The molecule has 1 saturated heterocycles. The lowest BCUT2D eigenvalue weighted by molar-refractivity contribution is -0.143. The van der Waals surface area contributed by atoms with Crippen molar-refractivity contribution in [3.8, 4) is 0 Å². The van der Waals surface area contributed by atoms with Gasteiger partial charge in [-0.25, -0.2) is 18.1 Å². The van der Waals surface area contributed by atoms with E-state index in [-0.39, 0.29) is 36.6 Å². The number of alkyl halides is 6. The Labute approximate surface area is 280 Å². The van der Waals surface area contributed by atoms with Crippen LogP contribution in [0.4, 0.5) is 43.8 Å². The molecule has 0 amide bonds. The maximum Gasteiger partial charge on any atom is 0.416 e.